The van der Waals surface area contributed by atoms with E-state index in [1.165, 1.54) is 0 Å². The molecule has 5 unspecified atom stereocenters. The number of hydrogen-bond donors (Lipinski definition) is 3. The molecule has 11 nitrogen and oxygen atoms in total. The highest BCUT2D eigenvalue weighted by Crippen LogP contribution is 2.65. The normalized spacial score (nSPS) is 37.0. The van der Waals surface area contributed by atoms with Crippen LogP contribution in [0.3, 0.4) is 0 Å². The monoisotopic (exact) mass is 646 g/mol. The Morgan fingerprint density at radius 1 is 1.26 bits per heavy atom. The topological polar surface area (TPSA) is 139 Å². The van der Waals surface area contributed by atoms with Crippen LogP contribution in [-0.4, -0.2) is 99.8 Å². The van der Waals surface area contributed by atoms with E-state index in [4.69, 9.17) is 14.2 Å². The van der Waals surface area contributed by atoms with E-state index in [2.05, 4.69) is 23.3 Å². The number of fused-ring (bicyclic) bond motifs is 2. The van der Waals surface area contributed by atoms with Crippen molar-refractivity contribution in [3.63, 3.8) is 0 Å². The van der Waals surface area contributed by atoms with Crippen molar-refractivity contribution in [2.24, 2.45) is 29.7 Å². The van der Waals surface area contributed by atoms with Crippen LogP contribution in [0.25, 0.3) is 17.1 Å². The molecule has 2 saturated carbocycles. The summed E-state index contributed by atoms with van der Waals surface area (Å²) in [5, 5.41) is 25.5. The molecule has 47 heavy (non-hydrogen) atoms. The first-order valence-corrected chi connectivity index (χ1v) is 16.8. The largest absolute Gasteiger partial charge is 0.423 e. The lowest BCUT2D eigenvalue weighted by Crippen LogP contribution is -2.67. The Bertz CT molecular complexity index is 1650. The second-order valence-corrected chi connectivity index (χ2v) is 14.6. The molecule has 11 heteroatoms. The van der Waals surface area contributed by atoms with Crippen molar-refractivity contribution in [2.45, 2.75) is 63.8 Å². The van der Waals surface area contributed by atoms with Crippen molar-refractivity contribution >= 4 is 29.0 Å². The lowest BCUT2D eigenvalue weighted by Gasteiger charge is -2.62. The summed E-state index contributed by atoms with van der Waals surface area (Å²) >= 11 is 0. The average Bonchev–Trinajstić information content (AvgIpc) is 3.66. The number of amides is 1. The van der Waals surface area contributed by atoms with Gasteiger partial charge in [-0.2, -0.15) is 0 Å². The zero-order valence-electron chi connectivity index (χ0n) is 27.6. The third-order valence-electron chi connectivity index (χ3n) is 11.8. The summed E-state index contributed by atoms with van der Waals surface area (Å²) in [5.74, 6) is -0.160. The molecule has 1 aromatic heterocycles. The van der Waals surface area contributed by atoms with E-state index in [1.807, 2.05) is 60.7 Å². The molecule has 3 N–H and O–H groups in total. The van der Waals surface area contributed by atoms with Crippen molar-refractivity contribution in [2.75, 3.05) is 39.5 Å². The summed E-state index contributed by atoms with van der Waals surface area (Å²) in [4.78, 5) is 32.8. The van der Waals surface area contributed by atoms with Gasteiger partial charge in [-0.15, -0.1) is 0 Å². The standard InChI is InChI=1S/C36H46N4O7/c1-22(32(43)40-11-13-45-14-12-40)38-30-18-29-34(2,10-9-31(42)35(29,3)19-41)28(36(30)20-46-36)8-6-24-17-25(47-33(24)44)15-23-5-7-27-26(16-23)37-21-39(27)4/h5-8,15-17,21-22,28-31,38,41-42H,9-14,18-20H2,1-4H3/b8-6+,25-15+/t22?,28?,29?,30?,31-,34-,35+,36?/m1/s1. The molecule has 2 aromatic rings. The fourth-order valence-electron chi connectivity index (χ4n) is 8.96. The van der Waals surface area contributed by atoms with Gasteiger partial charge in [-0.3, -0.25) is 4.79 Å². The molecule has 4 fully saturated rings. The summed E-state index contributed by atoms with van der Waals surface area (Å²) in [6.07, 6.45) is 10.6. The number of ether oxygens (including phenoxy) is 3. The Kier molecular flexibility index (Phi) is 8.20. The molecule has 8 atom stereocenters. The number of esters is 1. The van der Waals surface area contributed by atoms with Gasteiger partial charge in [0.2, 0.25) is 5.91 Å². The number of benzene rings is 1. The van der Waals surface area contributed by atoms with Crippen LogP contribution in [0.1, 0.15) is 45.6 Å². The second kappa shape index (κ2) is 12.0. The smallest absolute Gasteiger partial charge is 0.343 e. The van der Waals surface area contributed by atoms with E-state index in [0.29, 0.717) is 57.1 Å². The Labute approximate surface area is 275 Å². The molecule has 2 saturated heterocycles. The average molecular weight is 647 g/mol. The number of allylic oxidation sites excluding steroid dienone is 1. The molecular weight excluding hydrogens is 600 g/mol. The number of aliphatic hydroxyl groups excluding tert-OH is 2. The van der Waals surface area contributed by atoms with Gasteiger partial charge in [-0.25, -0.2) is 9.78 Å². The van der Waals surface area contributed by atoms with E-state index in [0.717, 1.165) is 23.0 Å². The van der Waals surface area contributed by atoms with Gasteiger partial charge in [0.1, 0.15) is 11.4 Å². The predicted molar refractivity (Wildman–Crippen MR) is 175 cm³/mol. The maximum absolute atomic E-state index is 13.4. The van der Waals surface area contributed by atoms with Crippen molar-refractivity contribution in [1.29, 1.82) is 0 Å². The van der Waals surface area contributed by atoms with Crippen LogP contribution in [0.2, 0.25) is 0 Å². The number of morpholine rings is 1. The quantitative estimate of drug-likeness (QED) is 0.306. The van der Waals surface area contributed by atoms with Crippen LogP contribution in [0, 0.1) is 22.7 Å². The first-order valence-electron chi connectivity index (χ1n) is 16.8. The number of aliphatic hydroxyl groups is 2. The highest BCUT2D eigenvalue weighted by Gasteiger charge is 2.70. The number of carbonyl (C=O) groups excluding carboxylic acids is 2. The van der Waals surface area contributed by atoms with Crippen molar-refractivity contribution < 1.29 is 34.0 Å². The fraction of sp³-hybridized carbons (Fsp3) is 0.583. The molecule has 0 bridgehead atoms. The number of nitrogens with one attached hydrogen (secondary N) is 1. The SMILES string of the molecule is CC(NC1CC2[C@](C)(CC[C@@H](O)[C@@]2(C)CO)C(/C=C/C2=CC(=C\c3ccc4c(c3)ncn4C)/OC2=O)C12CO2)C(=O)N1CCOCC1. The van der Waals surface area contributed by atoms with Crippen LogP contribution >= 0.6 is 0 Å². The number of hydrogen-bond acceptors (Lipinski definition) is 9. The van der Waals surface area contributed by atoms with Gasteiger partial charge < -0.3 is 39.2 Å². The van der Waals surface area contributed by atoms with Gasteiger partial charge in [0.05, 0.1) is 61.5 Å². The summed E-state index contributed by atoms with van der Waals surface area (Å²) < 4.78 is 19.4. The van der Waals surface area contributed by atoms with Crippen molar-refractivity contribution in [3.05, 3.63) is 59.7 Å². The Morgan fingerprint density at radius 2 is 2.02 bits per heavy atom. The molecule has 2 aliphatic carbocycles. The molecule has 252 valence electrons. The number of carbonyl (C=O) groups is 2. The lowest BCUT2D eigenvalue weighted by atomic mass is 9.44. The zero-order valence-corrected chi connectivity index (χ0v) is 27.6. The van der Waals surface area contributed by atoms with E-state index in [1.54, 1.807) is 12.4 Å². The predicted octanol–water partition coefficient (Wildman–Crippen LogP) is 2.72. The minimum Gasteiger partial charge on any atom is -0.423 e. The minimum absolute atomic E-state index is 0.0264. The summed E-state index contributed by atoms with van der Waals surface area (Å²) in [5.41, 5.74) is 1.55. The Hall–Kier alpha value is -3.35. The van der Waals surface area contributed by atoms with Crippen LogP contribution < -0.4 is 5.32 Å². The third kappa shape index (κ3) is 5.46. The number of cyclic esters (lactones) is 1. The van der Waals surface area contributed by atoms with E-state index in [9.17, 15) is 19.8 Å². The molecular formula is C36H46N4O7. The number of imidazole rings is 1. The van der Waals surface area contributed by atoms with Crippen LogP contribution in [0.15, 0.2) is 54.1 Å². The number of aryl methyl sites for hydroxylation is 1. The first-order chi connectivity index (χ1) is 22.5. The molecule has 1 aromatic carbocycles. The number of nitrogens with zero attached hydrogens (tertiary/aromatic N) is 3. The van der Waals surface area contributed by atoms with Crippen molar-refractivity contribution in [3.8, 4) is 0 Å². The van der Waals surface area contributed by atoms with Crippen molar-refractivity contribution in [1.82, 2.24) is 19.8 Å². The fourth-order valence-corrected chi connectivity index (χ4v) is 8.96. The molecule has 4 heterocycles. The summed E-state index contributed by atoms with van der Waals surface area (Å²) in [6, 6.07) is 5.27. The molecule has 3 aliphatic heterocycles. The Balaban J connectivity index is 1.19. The van der Waals surface area contributed by atoms with Crippen LogP contribution in [0.4, 0.5) is 0 Å². The second-order valence-electron chi connectivity index (χ2n) is 14.6. The van der Waals surface area contributed by atoms with Crippen LogP contribution in [-0.2, 0) is 30.8 Å². The van der Waals surface area contributed by atoms with E-state index >= 15 is 0 Å². The van der Waals surface area contributed by atoms with Gasteiger partial charge in [0.15, 0.2) is 0 Å². The molecule has 0 radical (unpaired) electrons. The van der Waals surface area contributed by atoms with Gasteiger partial charge in [-0.05, 0) is 67.4 Å². The highest BCUT2D eigenvalue weighted by molar-refractivity contribution is 5.96. The molecule has 1 amide bonds. The number of epoxide rings is 1. The first kappa shape index (κ1) is 32.2. The zero-order chi connectivity index (χ0) is 33.1. The molecule has 5 aliphatic rings. The Morgan fingerprint density at radius 3 is 2.74 bits per heavy atom. The van der Waals surface area contributed by atoms with E-state index < -0.39 is 29.1 Å². The van der Waals surface area contributed by atoms with Gasteiger partial charge in [-0.1, -0.05) is 32.1 Å². The number of aromatic nitrogens is 2. The summed E-state index contributed by atoms with van der Waals surface area (Å²) in [7, 11) is 1.95. The van der Waals surface area contributed by atoms with E-state index in [-0.39, 0.29) is 35.8 Å². The third-order valence-corrected chi connectivity index (χ3v) is 11.8. The molecule has 7 rings (SSSR count). The van der Waals surface area contributed by atoms with Gasteiger partial charge in [0.25, 0.3) is 0 Å². The highest BCUT2D eigenvalue weighted by atomic mass is 16.6. The maximum atomic E-state index is 13.4. The summed E-state index contributed by atoms with van der Waals surface area (Å²) in [6.45, 7) is 8.66. The van der Waals surface area contributed by atoms with Gasteiger partial charge >= 0.3 is 5.97 Å². The maximum Gasteiger partial charge on any atom is 0.343 e. The lowest BCUT2D eigenvalue weighted by molar-refractivity contribution is -0.174. The minimum atomic E-state index is -0.733. The number of rotatable bonds is 7. The molecule has 1 spiro atoms. The van der Waals surface area contributed by atoms with Gasteiger partial charge in [0, 0.05) is 37.5 Å². The van der Waals surface area contributed by atoms with Crippen LogP contribution in [0.5, 0.6) is 0 Å².